The summed E-state index contributed by atoms with van der Waals surface area (Å²) in [5.41, 5.74) is 3.57. The fraction of sp³-hybridized carbons (Fsp3) is 0.125. The number of fused-ring (bicyclic) bond motifs is 1. The number of benzene rings is 2. The Morgan fingerprint density at radius 3 is 2.18 bits per heavy atom. The number of hydrogen-bond acceptors (Lipinski definition) is 4. The molecule has 0 unspecified atom stereocenters. The summed E-state index contributed by atoms with van der Waals surface area (Å²) in [5, 5.41) is 0. The second-order valence-electron chi connectivity index (χ2n) is 5.02. The number of hydrogen-bond donors (Lipinski definition) is 1. The van der Waals surface area contributed by atoms with Crippen LogP contribution in [0.1, 0.15) is 11.4 Å². The van der Waals surface area contributed by atoms with Gasteiger partial charge in [0, 0.05) is 0 Å². The van der Waals surface area contributed by atoms with Crippen LogP contribution in [0.25, 0.3) is 11.0 Å². The Bertz CT molecular complexity index is 938. The van der Waals surface area contributed by atoms with Crippen LogP contribution >= 0.6 is 0 Å². The summed E-state index contributed by atoms with van der Waals surface area (Å²) in [4.78, 5) is 9.10. The van der Waals surface area contributed by atoms with Crippen molar-refractivity contribution in [1.82, 2.24) is 9.97 Å². The van der Waals surface area contributed by atoms with Crippen molar-refractivity contribution in [2.75, 3.05) is 4.72 Å². The fourth-order valence-electron chi connectivity index (χ4n) is 2.11. The van der Waals surface area contributed by atoms with Crippen LogP contribution in [0.4, 0.5) is 5.69 Å². The monoisotopic (exact) mass is 313 g/mol. The van der Waals surface area contributed by atoms with Crippen LogP contribution in [0.5, 0.6) is 0 Å². The molecule has 6 heteroatoms. The maximum atomic E-state index is 12.3. The zero-order valence-corrected chi connectivity index (χ0v) is 13.1. The Kier molecular flexibility index (Phi) is 3.54. The predicted octanol–water partition coefficient (Wildman–Crippen LogP) is 3.05. The smallest absolute Gasteiger partial charge is 0.261 e. The summed E-state index contributed by atoms with van der Waals surface area (Å²) >= 11 is 0. The molecule has 0 amide bonds. The van der Waals surface area contributed by atoms with Crippen molar-refractivity contribution in [3.63, 3.8) is 0 Å². The third-order valence-corrected chi connectivity index (χ3v) is 4.78. The van der Waals surface area contributed by atoms with Crippen LogP contribution in [0.2, 0.25) is 0 Å². The van der Waals surface area contributed by atoms with E-state index in [1.54, 1.807) is 48.5 Å². The molecular formula is C16H15N3O2S. The topological polar surface area (TPSA) is 72.0 Å². The average molecular weight is 313 g/mol. The second kappa shape index (κ2) is 5.38. The molecule has 0 bridgehead atoms. The van der Waals surface area contributed by atoms with Crippen LogP contribution in [0, 0.1) is 13.8 Å². The Morgan fingerprint density at radius 1 is 0.864 bits per heavy atom. The van der Waals surface area contributed by atoms with E-state index >= 15 is 0 Å². The molecule has 1 heterocycles. The van der Waals surface area contributed by atoms with E-state index in [1.165, 1.54) is 0 Å². The van der Waals surface area contributed by atoms with Crippen molar-refractivity contribution < 1.29 is 8.42 Å². The molecule has 0 spiro atoms. The lowest BCUT2D eigenvalue weighted by atomic mass is 10.2. The van der Waals surface area contributed by atoms with E-state index < -0.39 is 10.0 Å². The van der Waals surface area contributed by atoms with E-state index in [0.717, 1.165) is 16.9 Å². The van der Waals surface area contributed by atoms with Crippen LogP contribution in [0.3, 0.4) is 0 Å². The minimum atomic E-state index is -3.60. The molecule has 0 aliphatic carbocycles. The summed E-state index contributed by atoms with van der Waals surface area (Å²) < 4.78 is 27.2. The van der Waals surface area contributed by atoms with Gasteiger partial charge in [-0.05, 0) is 44.2 Å². The van der Waals surface area contributed by atoms with Gasteiger partial charge in [0.05, 0.1) is 33.0 Å². The number of sulfonamides is 1. The molecule has 0 aliphatic rings. The predicted molar refractivity (Wildman–Crippen MR) is 86.3 cm³/mol. The number of nitrogens with zero attached hydrogens (tertiary/aromatic N) is 2. The fourth-order valence-corrected chi connectivity index (χ4v) is 3.18. The second-order valence-corrected chi connectivity index (χ2v) is 6.70. The molecule has 0 aliphatic heterocycles. The Morgan fingerprint density at radius 2 is 1.50 bits per heavy atom. The lowest BCUT2D eigenvalue weighted by molar-refractivity contribution is 0.601. The van der Waals surface area contributed by atoms with Crippen molar-refractivity contribution in [2.45, 2.75) is 18.7 Å². The molecule has 22 heavy (non-hydrogen) atoms. The zero-order chi connectivity index (χ0) is 15.7. The van der Waals surface area contributed by atoms with Gasteiger partial charge in [0.25, 0.3) is 10.0 Å². The number of rotatable bonds is 3. The molecule has 5 nitrogen and oxygen atoms in total. The summed E-state index contributed by atoms with van der Waals surface area (Å²) in [6, 6.07) is 13.4. The first-order valence-corrected chi connectivity index (χ1v) is 8.27. The molecule has 1 aromatic heterocycles. The van der Waals surface area contributed by atoms with Crippen LogP contribution < -0.4 is 4.72 Å². The van der Waals surface area contributed by atoms with Gasteiger partial charge in [-0.15, -0.1) is 0 Å². The number of anilines is 1. The minimum absolute atomic E-state index is 0.223. The Labute approximate surface area is 129 Å². The van der Waals surface area contributed by atoms with Gasteiger partial charge in [0.15, 0.2) is 0 Å². The first-order valence-electron chi connectivity index (χ1n) is 6.78. The number of aromatic nitrogens is 2. The standard InChI is InChI=1S/C16H15N3O2S/c1-11-12(2)18-16-10-13(8-9-15(16)17-11)19-22(20,21)14-6-4-3-5-7-14/h3-10,19H,1-2H3. The number of aryl methyl sites for hydroxylation is 2. The maximum absolute atomic E-state index is 12.3. The zero-order valence-electron chi connectivity index (χ0n) is 12.2. The highest BCUT2D eigenvalue weighted by Crippen LogP contribution is 2.20. The van der Waals surface area contributed by atoms with E-state index in [4.69, 9.17) is 0 Å². The van der Waals surface area contributed by atoms with Gasteiger partial charge in [-0.2, -0.15) is 0 Å². The van der Waals surface area contributed by atoms with E-state index in [0.29, 0.717) is 11.2 Å². The average Bonchev–Trinajstić information content (AvgIpc) is 2.49. The van der Waals surface area contributed by atoms with E-state index in [9.17, 15) is 8.42 Å². The summed E-state index contributed by atoms with van der Waals surface area (Å²) in [7, 11) is -3.60. The third-order valence-electron chi connectivity index (χ3n) is 3.38. The highest BCUT2D eigenvalue weighted by atomic mass is 32.2. The van der Waals surface area contributed by atoms with E-state index in [-0.39, 0.29) is 4.90 Å². The highest BCUT2D eigenvalue weighted by molar-refractivity contribution is 7.92. The first-order chi connectivity index (χ1) is 10.5. The molecule has 0 fully saturated rings. The van der Waals surface area contributed by atoms with Crippen molar-refractivity contribution in [3.8, 4) is 0 Å². The molecular weight excluding hydrogens is 298 g/mol. The van der Waals surface area contributed by atoms with Gasteiger partial charge in [0.2, 0.25) is 0 Å². The number of nitrogens with one attached hydrogen (secondary N) is 1. The molecule has 3 aromatic rings. The summed E-state index contributed by atoms with van der Waals surface area (Å²) in [5.74, 6) is 0. The lowest BCUT2D eigenvalue weighted by Crippen LogP contribution is -2.12. The molecule has 0 atom stereocenters. The van der Waals surface area contributed by atoms with E-state index in [1.807, 2.05) is 13.8 Å². The van der Waals surface area contributed by atoms with Gasteiger partial charge < -0.3 is 0 Å². The molecule has 0 radical (unpaired) electrons. The first kappa shape index (κ1) is 14.5. The molecule has 0 saturated heterocycles. The lowest BCUT2D eigenvalue weighted by Gasteiger charge is -2.09. The third kappa shape index (κ3) is 2.78. The van der Waals surface area contributed by atoms with Gasteiger partial charge in [-0.3, -0.25) is 4.72 Å². The molecule has 3 rings (SSSR count). The largest absolute Gasteiger partial charge is 0.280 e. The minimum Gasteiger partial charge on any atom is -0.280 e. The SMILES string of the molecule is Cc1nc2ccc(NS(=O)(=O)c3ccccc3)cc2nc1C. The van der Waals surface area contributed by atoms with Crippen LogP contribution in [0.15, 0.2) is 53.4 Å². The van der Waals surface area contributed by atoms with Crippen molar-refractivity contribution >= 4 is 26.7 Å². The van der Waals surface area contributed by atoms with Gasteiger partial charge in [-0.25, -0.2) is 18.4 Å². The molecule has 112 valence electrons. The van der Waals surface area contributed by atoms with Gasteiger partial charge in [-0.1, -0.05) is 18.2 Å². The molecule has 0 saturated carbocycles. The van der Waals surface area contributed by atoms with Gasteiger partial charge >= 0.3 is 0 Å². The van der Waals surface area contributed by atoms with Crippen LogP contribution in [-0.4, -0.2) is 18.4 Å². The van der Waals surface area contributed by atoms with Crippen molar-refractivity contribution in [3.05, 3.63) is 59.9 Å². The van der Waals surface area contributed by atoms with Crippen LogP contribution in [-0.2, 0) is 10.0 Å². The van der Waals surface area contributed by atoms with E-state index in [2.05, 4.69) is 14.7 Å². The summed E-state index contributed by atoms with van der Waals surface area (Å²) in [6.45, 7) is 3.77. The van der Waals surface area contributed by atoms with Gasteiger partial charge in [0.1, 0.15) is 0 Å². The highest BCUT2D eigenvalue weighted by Gasteiger charge is 2.14. The summed E-state index contributed by atoms with van der Waals surface area (Å²) in [6.07, 6.45) is 0. The quantitative estimate of drug-likeness (QED) is 0.806. The normalized spacial score (nSPS) is 11.5. The Hall–Kier alpha value is -2.47. The molecule has 2 aromatic carbocycles. The van der Waals surface area contributed by atoms with Crippen molar-refractivity contribution in [2.24, 2.45) is 0 Å². The van der Waals surface area contributed by atoms with Crippen molar-refractivity contribution in [1.29, 1.82) is 0 Å². The maximum Gasteiger partial charge on any atom is 0.261 e. The molecule has 1 N–H and O–H groups in total. The Balaban J connectivity index is 1.99.